The summed E-state index contributed by atoms with van der Waals surface area (Å²) in [4.78, 5) is 13.0. The normalized spacial score (nSPS) is 14.7. The van der Waals surface area contributed by atoms with E-state index >= 15 is 0 Å². The molecular weight excluding hydrogens is 196 g/mol. The van der Waals surface area contributed by atoms with E-state index < -0.39 is 0 Å². The zero-order valence-corrected chi connectivity index (χ0v) is 8.14. The number of aliphatic hydroxyl groups is 1. The average Bonchev–Trinajstić information content (AvgIpc) is 2.23. The third kappa shape index (κ3) is 1.73. The molecule has 0 aromatic heterocycles. The van der Waals surface area contributed by atoms with E-state index in [1.807, 2.05) is 0 Å². The van der Waals surface area contributed by atoms with Crippen molar-refractivity contribution in [1.29, 1.82) is 0 Å². The zero-order valence-electron chi connectivity index (χ0n) is 8.14. The number of anilines is 2. The van der Waals surface area contributed by atoms with Gasteiger partial charge in [0.25, 0.3) is 5.91 Å². The van der Waals surface area contributed by atoms with Crippen LogP contribution in [0, 0.1) is 0 Å². The summed E-state index contributed by atoms with van der Waals surface area (Å²) in [7, 11) is 0. The van der Waals surface area contributed by atoms with Gasteiger partial charge in [0.05, 0.1) is 12.3 Å². The van der Waals surface area contributed by atoms with Crippen molar-refractivity contribution in [3.05, 3.63) is 18.2 Å². The molecule has 0 fully saturated rings. The second kappa shape index (κ2) is 3.78. The molecule has 2 rings (SSSR count). The van der Waals surface area contributed by atoms with Crippen LogP contribution in [-0.2, 0) is 4.79 Å². The van der Waals surface area contributed by atoms with Crippen molar-refractivity contribution < 1.29 is 14.6 Å². The highest BCUT2D eigenvalue weighted by molar-refractivity contribution is 5.98. The van der Waals surface area contributed by atoms with Gasteiger partial charge in [-0.3, -0.25) is 4.79 Å². The Morgan fingerprint density at radius 2 is 2.33 bits per heavy atom. The lowest BCUT2D eigenvalue weighted by atomic mass is 10.2. The Morgan fingerprint density at radius 3 is 3.07 bits per heavy atom. The van der Waals surface area contributed by atoms with Gasteiger partial charge in [-0.15, -0.1) is 0 Å². The molecule has 5 nitrogen and oxygen atoms in total. The number of rotatable bonds is 2. The van der Waals surface area contributed by atoms with E-state index in [9.17, 15) is 4.79 Å². The van der Waals surface area contributed by atoms with Gasteiger partial charge in [0, 0.05) is 12.2 Å². The van der Waals surface area contributed by atoms with Crippen molar-refractivity contribution >= 4 is 17.3 Å². The molecule has 0 unspecified atom stereocenters. The van der Waals surface area contributed by atoms with E-state index in [0.717, 1.165) is 0 Å². The number of carbonyl (C=O) groups is 1. The topological polar surface area (TPSA) is 75.8 Å². The zero-order chi connectivity index (χ0) is 10.8. The Morgan fingerprint density at radius 1 is 1.53 bits per heavy atom. The average molecular weight is 208 g/mol. The Labute approximate surface area is 87.1 Å². The van der Waals surface area contributed by atoms with Gasteiger partial charge in [0.2, 0.25) is 0 Å². The first-order chi connectivity index (χ1) is 7.22. The first-order valence-electron chi connectivity index (χ1n) is 4.66. The molecule has 0 saturated carbocycles. The Bertz CT molecular complexity index is 392. The quantitative estimate of drug-likeness (QED) is 0.670. The molecule has 0 atom stereocenters. The van der Waals surface area contributed by atoms with Crippen LogP contribution in [0.2, 0.25) is 0 Å². The van der Waals surface area contributed by atoms with E-state index in [-0.39, 0.29) is 25.7 Å². The minimum Gasteiger partial charge on any atom is -0.482 e. The van der Waals surface area contributed by atoms with E-state index in [1.165, 1.54) is 4.90 Å². The van der Waals surface area contributed by atoms with Crippen LogP contribution in [0.4, 0.5) is 11.4 Å². The lowest BCUT2D eigenvalue weighted by Crippen LogP contribution is -2.40. The molecule has 0 saturated heterocycles. The fourth-order valence-corrected chi connectivity index (χ4v) is 1.56. The summed E-state index contributed by atoms with van der Waals surface area (Å²) in [6.07, 6.45) is 0. The standard InChI is InChI=1S/C10H12N2O3/c11-7-1-2-9-8(5-7)12(3-4-13)10(14)6-15-9/h1-2,5,13H,3-4,6,11H2. The lowest BCUT2D eigenvalue weighted by Gasteiger charge is -2.28. The smallest absolute Gasteiger partial charge is 0.265 e. The van der Waals surface area contributed by atoms with Crippen molar-refractivity contribution in [2.24, 2.45) is 0 Å². The lowest BCUT2D eigenvalue weighted by molar-refractivity contribution is -0.121. The molecule has 1 aromatic carbocycles. The van der Waals surface area contributed by atoms with E-state index in [0.29, 0.717) is 17.1 Å². The van der Waals surface area contributed by atoms with E-state index in [1.54, 1.807) is 18.2 Å². The molecule has 1 aliphatic rings. The highest BCUT2D eigenvalue weighted by atomic mass is 16.5. The molecule has 5 heteroatoms. The van der Waals surface area contributed by atoms with E-state index in [2.05, 4.69) is 0 Å². The van der Waals surface area contributed by atoms with Crippen LogP contribution in [0.5, 0.6) is 5.75 Å². The second-order valence-corrected chi connectivity index (χ2v) is 3.28. The molecule has 1 aliphatic heterocycles. The first-order valence-corrected chi connectivity index (χ1v) is 4.66. The maximum atomic E-state index is 11.5. The number of carbonyl (C=O) groups excluding carboxylic acids is 1. The molecule has 1 aromatic rings. The van der Waals surface area contributed by atoms with Gasteiger partial charge < -0.3 is 20.5 Å². The molecule has 0 aliphatic carbocycles. The highest BCUT2D eigenvalue weighted by Gasteiger charge is 2.24. The Hall–Kier alpha value is -1.75. The molecule has 15 heavy (non-hydrogen) atoms. The van der Waals surface area contributed by atoms with Gasteiger partial charge in [-0.1, -0.05) is 0 Å². The van der Waals surface area contributed by atoms with Gasteiger partial charge in [-0.2, -0.15) is 0 Å². The summed E-state index contributed by atoms with van der Waals surface area (Å²) in [6, 6.07) is 5.11. The highest BCUT2D eigenvalue weighted by Crippen LogP contribution is 2.33. The van der Waals surface area contributed by atoms with Crippen molar-refractivity contribution in [3.8, 4) is 5.75 Å². The molecule has 1 heterocycles. The monoisotopic (exact) mass is 208 g/mol. The van der Waals surface area contributed by atoms with Crippen molar-refractivity contribution in [1.82, 2.24) is 0 Å². The van der Waals surface area contributed by atoms with E-state index in [4.69, 9.17) is 15.6 Å². The summed E-state index contributed by atoms with van der Waals surface area (Å²) in [5, 5.41) is 8.87. The number of fused-ring (bicyclic) bond motifs is 1. The van der Waals surface area contributed by atoms with Crippen molar-refractivity contribution in [2.75, 3.05) is 30.4 Å². The molecular formula is C10H12N2O3. The number of nitrogen functional groups attached to an aromatic ring is 1. The Balaban J connectivity index is 2.41. The largest absolute Gasteiger partial charge is 0.482 e. The first kappa shape index (κ1) is 9.79. The number of nitrogens with zero attached hydrogens (tertiary/aromatic N) is 1. The van der Waals surface area contributed by atoms with Crippen LogP contribution in [0.25, 0.3) is 0 Å². The van der Waals surface area contributed by atoms with Crippen molar-refractivity contribution in [3.63, 3.8) is 0 Å². The number of β-amino-alcohol motifs (C(OH)–C–C–N with tert-alkyl or cyclic N) is 1. The van der Waals surface area contributed by atoms with Crippen LogP contribution in [-0.4, -0.2) is 30.8 Å². The van der Waals surface area contributed by atoms with Gasteiger partial charge in [-0.25, -0.2) is 0 Å². The number of benzene rings is 1. The fourth-order valence-electron chi connectivity index (χ4n) is 1.56. The maximum Gasteiger partial charge on any atom is 0.265 e. The third-order valence-corrected chi connectivity index (χ3v) is 2.25. The molecule has 3 N–H and O–H groups in total. The molecule has 0 bridgehead atoms. The minimum absolute atomic E-state index is 0.0108. The SMILES string of the molecule is Nc1ccc2c(c1)N(CCO)C(=O)CO2. The van der Waals surface area contributed by atoms with Gasteiger partial charge in [0.15, 0.2) is 6.61 Å². The molecule has 0 spiro atoms. The fraction of sp³-hybridized carbons (Fsp3) is 0.300. The maximum absolute atomic E-state index is 11.5. The molecule has 80 valence electrons. The minimum atomic E-state index is -0.165. The Kier molecular flexibility index (Phi) is 2.47. The summed E-state index contributed by atoms with van der Waals surface area (Å²) in [6.45, 7) is 0.190. The van der Waals surface area contributed by atoms with Crippen LogP contribution >= 0.6 is 0 Å². The molecule has 0 radical (unpaired) electrons. The summed E-state index contributed by atoms with van der Waals surface area (Å²) in [5.74, 6) is 0.458. The number of ether oxygens (including phenoxy) is 1. The predicted octanol–water partition coefficient (Wildman–Crippen LogP) is -0.0135. The number of nitrogens with two attached hydrogens (primary N) is 1. The summed E-state index contributed by atoms with van der Waals surface area (Å²) >= 11 is 0. The van der Waals surface area contributed by atoms with Crippen molar-refractivity contribution in [2.45, 2.75) is 0 Å². The number of hydrogen-bond donors (Lipinski definition) is 2. The number of amides is 1. The van der Waals surface area contributed by atoms with Crippen LogP contribution in [0.15, 0.2) is 18.2 Å². The second-order valence-electron chi connectivity index (χ2n) is 3.28. The van der Waals surface area contributed by atoms with Crippen LogP contribution in [0.1, 0.15) is 0 Å². The van der Waals surface area contributed by atoms with Gasteiger partial charge >= 0.3 is 0 Å². The van der Waals surface area contributed by atoms with Gasteiger partial charge in [-0.05, 0) is 18.2 Å². The number of aliphatic hydroxyl groups excluding tert-OH is 1. The summed E-state index contributed by atoms with van der Waals surface area (Å²) in [5.41, 5.74) is 6.82. The summed E-state index contributed by atoms with van der Waals surface area (Å²) < 4.78 is 5.24. The number of hydrogen-bond acceptors (Lipinski definition) is 4. The predicted molar refractivity (Wildman–Crippen MR) is 55.8 cm³/mol. The third-order valence-electron chi connectivity index (χ3n) is 2.25. The van der Waals surface area contributed by atoms with Gasteiger partial charge in [0.1, 0.15) is 5.75 Å². The van der Waals surface area contributed by atoms with Crippen LogP contribution in [0.3, 0.4) is 0 Å². The van der Waals surface area contributed by atoms with Crippen LogP contribution < -0.4 is 15.4 Å². The molecule has 1 amide bonds.